The van der Waals surface area contributed by atoms with E-state index in [0.29, 0.717) is 5.75 Å². The summed E-state index contributed by atoms with van der Waals surface area (Å²) in [4.78, 5) is 3.33. The molecule has 3 heteroatoms. The van der Waals surface area contributed by atoms with E-state index in [2.05, 4.69) is 45.0 Å². The average molecular weight is 436 g/mol. The van der Waals surface area contributed by atoms with Crippen LogP contribution in [0.25, 0.3) is 0 Å². The molecule has 1 nitrogen and oxygen atoms in total. The summed E-state index contributed by atoms with van der Waals surface area (Å²) >= 11 is 0. The van der Waals surface area contributed by atoms with Crippen LogP contribution < -0.4 is 4.74 Å². The molecule has 1 aliphatic carbocycles. The molecular formula is C28H32FOS+. The lowest BCUT2D eigenvalue weighted by molar-refractivity contribution is -0.0637. The maximum absolute atomic E-state index is 15.4. The van der Waals surface area contributed by atoms with E-state index in [0.717, 1.165) is 30.6 Å². The molecule has 31 heavy (non-hydrogen) atoms. The van der Waals surface area contributed by atoms with Gasteiger partial charge in [-0.2, -0.15) is 0 Å². The maximum Gasteiger partial charge on any atom is 0.170 e. The molecule has 3 aromatic rings. The van der Waals surface area contributed by atoms with Crippen molar-refractivity contribution < 1.29 is 9.13 Å². The van der Waals surface area contributed by atoms with Gasteiger partial charge in [0.25, 0.3) is 0 Å². The molecule has 0 spiro atoms. The molecule has 3 aromatic carbocycles. The van der Waals surface area contributed by atoms with Gasteiger partial charge in [0, 0.05) is 11.5 Å². The zero-order valence-electron chi connectivity index (χ0n) is 18.7. The first-order valence-corrected chi connectivity index (χ1v) is 12.5. The Morgan fingerprint density at radius 2 is 1.29 bits per heavy atom. The molecule has 0 aromatic heterocycles. The minimum atomic E-state index is -0.363. The molecule has 0 radical (unpaired) electrons. The van der Waals surface area contributed by atoms with Gasteiger partial charge in [-0.15, -0.1) is 0 Å². The fraction of sp³-hybridized carbons (Fsp3) is 0.357. The summed E-state index contributed by atoms with van der Waals surface area (Å²) < 4.78 is 21.9. The van der Waals surface area contributed by atoms with E-state index in [4.69, 9.17) is 4.74 Å². The molecule has 4 rings (SSSR count). The van der Waals surface area contributed by atoms with Gasteiger partial charge in [-0.25, -0.2) is 4.39 Å². The third-order valence-electron chi connectivity index (χ3n) is 6.43. The summed E-state index contributed by atoms with van der Waals surface area (Å²) in [5.74, 6) is 0.112. The molecule has 0 aliphatic heterocycles. The van der Waals surface area contributed by atoms with Gasteiger partial charge in [-0.3, -0.25) is 0 Å². The molecular weight excluding hydrogens is 403 g/mol. The minimum absolute atomic E-state index is 0.0447. The molecule has 1 fully saturated rings. The lowest BCUT2D eigenvalue weighted by Crippen LogP contribution is -2.49. The van der Waals surface area contributed by atoms with Crippen molar-refractivity contribution in [1.29, 1.82) is 0 Å². The number of halogens is 1. The largest absolute Gasteiger partial charge is 0.484 e. The lowest BCUT2D eigenvalue weighted by atomic mass is 9.68. The zero-order chi connectivity index (χ0) is 21.9. The first-order valence-electron chi connectivity index (χ1n) is 11.2. The Morgan fingerprint density at radius 3 is 1.77 bits per heavy atom. The Hall–Kier alpha value is -2.26. The first-order chi connectivity index (χ1) is 14.9. The van der Waals surface area contributed by atoms with Gasteiger partial charge in [0.1, 0.15) is 5.60 Å². The lowest BCUT2D eigenvalue weighted by Gasteiger charge is -2.47. The highest BCUT2D eigenvalue weighted by molar-refractivity contribution is 7.97. The Bertz CT molecular complexity index is 949. The van der Waals surface area contributed by atoms with Gasteiger partial charge in [0.2, 0.25) is 0 Å². The Balaban J connectivity index is 1.70. The number of benzene rings is 3. The second-order valence-corrected chi connectivity index (χ2v) is 11.5. The van der Waals surface area contributed by atoms with Gasteiger partial charge in [0.15, 0.2) is 26.3 Å². The van der Waals surface area contributed by atoms with Crippen LogP contribution in [0.4, 0.5) is 4.39 Å². The molecule has 0 saturated heterocycles. The van der Waals surface area contributed by atoms with Crippen molar-refractivity contribution in [1.82, 2.24) is 0 Å². The molecule has 0 N–H and O–H groups in total. The molecule has 162 valence electrons. The highest BCUT2D eigenvalue weighted by Gasteiger charge is 2.45. The van der Waals surface area contributed by atoms with E-state index >= 15 is 4.39 Å². The normalized spacial score (nSPS) is 16.3. The molecule has 0 atom stereocenters. The molecule has 0 amide bonds. The summed E-state index contributed by atoms with van der Waals surface area (Å²) in [6.45, 7) is 6.65. The van der Waals surface area contributed by atoms with Crippen LogP contribution in [-0.4, -0.2) is 5.60 Å². The van der Waals surface area contributed by atoms with Crippen LogP contribution in [0.1, 0.15) is 52.9 Å². The van der Waals surface area contributed by atoms with Crippen LogP contribution in [0.2, 0.25) is 0 Å². The maximum atomic E-state index is 15.4. The van der Waals surface area contributed by atoms with Gasteiger partial charge in [0.05, 0.1) is 10.9 Å². The van der Waals surface area contributed by atoms with Crippen molar-refractivity contribution in [2.45, 2.75) is 73.2 Å². The number of ether oxygens (including phenoxy) is 1. The van der Waals surface area contributed by atoms with E-state index in [-0.39, 0.29) is 27.7 Å². The van der Waals surface area contributed by atoms with Gasteiger partial charge < -0.3 is 4.74 Å². The van der Waals surface area contributed by atoms with Crippen molar-refractivity contribution in [3.63, 3.8) is 0 Å². The smallest absolute Gasteiger partial charge is 0.170 e. The van der Waals surface area contributed by atoms with Crippen LogP contribution in [0, 0.1) is 11.2 Å². The van der Waals surface area contributed by atoms with E-state index < -0.39 is 0 Å². The second-order valence-electron chi connectivity index (χ2n) is 9.43. The fourth-order valence-corrected chi connectivity index (χ4v) is 6.65. The third-order valence-corrected chi connectivity index (χ3v) is 8.64. The summed E-state index contributed by atoms with van der Waals surface area (Å²) in [5, 5.41) is 0. The van der Waals surface area contributed by atoms with Crippen LogP contribution in [-0.2, 0) is 10.9 Å². The van der Waals surface area contributed by atoms with E-state index in [9.17, 15) is 0 Å². The van der Waals surface area contributed by atoms with Gasteiger partial charge >= 0.3 is 0 Å². The Kier molecular flexibility index (Phi) is 6.43. The minimum Gasteiger partial charge on any atom is -0.484 e. The van der Waals surface area contributed by atoms with E-state index in [1.54, 1.807) is 6.07 Å². The number of hydrogen-bond donors (Lipinski definition) is 0. The molecule has 0 unspecified atom stereocenters. The molecule has 0 heterocycles. The summed E-state index contributed by atoms with van der Waals surface area (Å²) in [5.41, 5.74) is -0.356. The third kappa shape index (κ3) is 4.67. The standard InChI is InChI=1S/C28H32FOS/c1-27(2,3)28(19-11-6-12-20-28)30-26-18-17-24(21-25(26)29)31(22-13-7-4-8-14-22)23-15-9-5-10-16-23/h4-5,7-10,13-18,21H,6,11-12,19-20H2,1-3H3/q+1. The fourth-order valence-electron chi connectivity index (χ4n) is 4.55. The van der Waals surface area contributed by atoms with E-state index in [1.165, 1.54) is 16.2 Å². The number of rotatable bonds is 5. The van der Waals surface area contributed by atoms with Crippen molar-refractivity contribution in [3.8, 4) is 5.75 Å². The van der Waals surface area contributed by atoms with Crippen LogP contribution in [0.15, 0.2) is 93.5 Å². The first kappa shape index (κ1) is 22.0. The highest BCUT2D eigenvalue weighted by Crippen LogP contribution is 2.46. The van der Waals surface area contributed by atoms with Gasteiger partial charge in [-0.1, -0.05) is 63.6 Å². The van der Waals surface area contributed by atoms with Crippen molar-refractivity contribution in [2.24, 2.45) is 5.41 Å². The predicted molar refractivity (Wildman–Crippen MR) is 127 cm³/mol. The van der Waals surface area contributed by atoms with Crippen molar-refractivity contribution in [2.75, 3.05) is 0 Å². The molecule has 0 bridgehead atoms. The second kappa shape index (κ2) is 9.08. The Morgan fingerprint density at radius 1 is 0.742 bits per heavy atom. The quantitative estimate of drug-likeness (QED) is 0.368. The molecule has 1 saturated carbocycles. The van der Waals surface area contributed by atoms with Crippen LogP contribution >= 0.6 is 0 Å². The average Bonchev–Trinajstić information content (AvgIpc) is 2.77. The van der Waals surface area contributed by atoms with Crippen molar-refractivity contribution >= 4 is 10.9 Å². The van der Waals surface area contributed by atoms with Crippen LogP contribution in [0.5, 0.6) is 5.75 Å². The summed E-state index contributed by atoms with van der Waals surface area (Å²) in [7, 11) is -0.363. The molecule has 1 aliphatic rings. The predicted octanol–water partition coefficient (Wildman–Crippen LogP) is 8.05. The number of hydrogen-bond acceptors (Lipinski definition) is 1. The SMILES string of the molecule is CC(C)(C)C1(Oc2ccc([S+](c3ccccc3)c3ccccc3)cc2F)CCCCC1. The summed E-state index contributed by atoms with van der Waals surface area (Å²) in [6, 6.07) is 26.3. The highest BCUT2D eigenvalue weighted by atomic mass is 32.2. The monoisotopic (exact) mass is 435 g/mol. The van der Waals surface area contributed by atoms with Crippen LogP contribution in [0.3, 0.4) is 0 Å². The zero-order valence-corrected chi connectivity index (χ0v) is 19.6. The van der Waals surface area contributed by atoms with Gasteiger partial charge in [-0.05, 0) is 62.1 Å². The van der Waals surface area contributed by atoms with Crippen molar-refractivity contribution in [3.05, 3.63) is 84.7 Å². The van der Waals surface area contributed by atoms with E-state index in [1.807, 2.05) is 48.5 Å². The topological polar surface area (TPSA) is 9.23 Å². The summed E-state index contributed by atoms with van der Waals surface area (Å²) in [6.07, 6.45) is 5.48. The Labute approximate surface area is 189 Å².